The molecule has 1 aromatic heterocycles. The third-order valence-corrected chi connectivity index (χ3v) is 3.01. The highest BCUT2D eigenvalue weighted by Crippen LogP contribution is 2.06. The number of carbonyl (C=O) groups excluding carboxylic acids is 1. The minimum atomic E-state index is 0.156. The van der Waals surface area contributed by atoms with Gasteiger partial charge in [-0.25, -0.2) is 4.98 Å². The standard InChI is InChI=1S/C11H18N4O/c1-9-13-4-6-15(9)7-5-14-11(16)10-2-3-12-8-10/h4,6,10,12H,2-3,5,7-8H2,1H3,(H,14,16)/t10-/m0/s1. The zero-order valence-electron chi connectivity index (χ0n) is 9.57. The molecule has 2 N–H and O–H groups in total. The molecule has 1 atom stereocenters. The van der Waals surface area contributed by atoms with Gasteiger partial charge in [0.2, 0.25) is 5.91 Å². The van der Waals surface area contributed by atoms with Gasteiger partial charge in [-0.3, -0.25) is 4.79 Å². The van der Waals surface area contributed by atoms with Crippen molar-refractivity contribution in [3.05, 3.63) is 18.2 Å². The zero-order valence-corrected chi connectivity index (χ0v) is 9.57. The van der Waals surface area contributed by atoms with Crippen molar-refractivity contribution in [1.29, 1.82) is 0 Å². The summed E-state index contributed by atoms with van der Waals surface area (Å²) in [7, 11) is 0. The molecule has 5 nitrogen and oxygen atoms in total. The van der Waals surface area contributed by atoms with Crippen molar-refractivity contribution in [2.75, 3.05) is 19.6 Å². The van der Waals surface area contributed by atoms with Crippen molar-refractivity contribution < 1.29 is 4.79 Å². The maximum atomic E-state index is 11.7. The van der Waals surface area contributed by atoms with E-state index in [0.717, 1.165) is 31.9 Å². The fraction of sp³-hybridized carbons (Fsp3) is 0.636. The minimum Gasteiger partial charge on any atom is -0.354 e. The van der Waals surface area contributed by atoms with Gasteiger partial charge in [-0.1, -0.05) is 0 Å². The number of imidazole rings is 1. The number of nitrogens with one attached hydrogen (secondary N) is 2. The van der Waals surface area contributed by atoms with Crippen molar-refractivity contribution in [2.45, 2.75) is 19.9 Å². The Bertz CT molecular complexity index is 355. The Hall–Kier alpha value is -1.36. The molecular formula is C11H18N4O. The van der Waals surface area contributed by atoms with Gasteiger partial charge in [0.15, 0.2) is 0 Å². The minimum absolute atomic E-state index is 0.156. The first-order chi connectivity index (χ1) is 7.77. The normalized spacial score (nSPS) is 19.9. The monoisotopic (exact) mass is 222 g/mol. The summed E-state index contributed by atoms with van der Waals surface area (Å²) in [6.45, 7) is 5.20. The number of nitrogens with zero attached hydrogens (tertiary/aromatic N) is 2. The Labute approximate surface area is 95.2 Å². The van der Waals surface area contributed by atoms with Crippen LogP contribution in [0.15, 0.2) is 12.4 Å². The van der Waals surface area contributed by atoms with Crippen molar-refractivity contribution >= 4 is 5.91 Å². The summed E-state index contributed by atoms with van der Waals surface area (Å²) in [6, 6.07) is 0. The quantitative estimate of drug-likeness (QED) is 0.749. The van der Waals surface area contributed by atoms with Crippen LogP contribution in [0.5, 0.6) is 0 Å². The molecule has 88 valence electrons. The van der Waals surface area contributed by atoms with E-state index in [1.807, 2.05) is 17.7 Å². The molecule has 0 radical (unpaired) electrons. The first-order valence-corrected chi connectivity index (χ1v) is 5.73. The van der Waals surface area contributed by atoms with E-state index < -0.39 is 0 Å². The topological polar surface area (TPSA) is 59.0 Å². The van der Waals surface area contributed by atoms with E-state index >= 15 is 0 Å². The number of amides is 1. The molecule has 0 aromatic carbocycles. The molecule has 16 heavy (non-hydrogen) atoms. The smallest absolute Gasteiger partial charge is 0.224 e. The van der Waals surface area contributed by atoms with E-state index in [-0.39, 0.29) is 11.8 Å². The summed E-state index contributed by atoms with van der Waals surface area (Å²) in [6.07, 6.45) is 4.66. The molecule has 0 saturated carbocycles. The van der Waals surface area contributed by atoms with Gasteiger partial charge in [0.1, 0.15) is 5.82 Å². The van der Waals surface area contributed by atoms with E-state index in [0.29, 0.717) is 6.54 Å². The highest BCUT2D eigenvalue weighted by Gasteiger charge is 2.21. The molecule has 1 aromatic rings. The molecule has 2 rings (SSSR count). The van der Waals surface area contributed by atoms with Crippen molar-refractivity contribution in [2.24, 2.45) is 5.92 Å². The van der Waals surface area contributed by atoms with E-state index in [1.165, 1.54) is 0 Å². The van der Waals surface area contributed by atoms with Gasteiger partial charge in [0.05, 0.1) is 5.92 Å². The van der Waals surface area contributed by atoms with Crippen LogP contribution in [0.2, 0.25) is 0 Å². The molecule has 0 bridgehead atoms. The molecular weight excluding hydrogens is 204 g/mol. The van der Waals surface area contributed by atoms with E-state index in [9.17, 15) is 4.79 Å². The van der Waals surface area contributed by atoms with Gasteiger partial charge in [0.25, 0.3) is 0 Å². The van der Waals surface area contributed by atoms with Crippen LogP contribution in [-0.4, -0.2) is 35.1 Å². The maximum absolute atomic E-state index is 11.7. The van der Waals surface area contributed by atoms with E-state index in [1.54, 1.807) is 6.20 Å². The first kappa shape index (κ1) is 11.1. The van der Waals surface area contributed by atoms with Crippen molar-refractivity contribution in [1.82, 2.24) is 20.2 Å². The van der Waals surface area contributed by atoms with Crippen LogP contribution in [0.25, 0.3) is 0 Å². The molecule has 1 fully saturated rings. The number of aromatic nitrogens is 2. The Morgan fingerprint density at radius 1 is 1.75 bits per heavy atom. The average Bonchev–Trinajstić information content (AvgIpc) is 2.90. The van der Waals surface area contributed by atoms with Gasteiger partial charge >= 0.3 is 0 Å². The second-order valence-electron chi connectivity index (χ2n) is 4.15. The summed E-state index contributed by atoms with van der Waals surface area (Å²) >= 11 is 0. The Morgan fingerprint density at radius 3 is 3.25 bits per heavy atom. The molecule has 0 unspecified atom stereocenters. The largest absolute Gasteiger partial charge is 0.354 e. The second kappa shape index (κ2) is 5.12. The van der Waals surface area contributed by atoms with Crippen LogP contribution in [0.4, 0.5) is 0 Å². The lowest BCUT2D eigenvalue weighted by Gasteiger charge is -2.10. The van der Waals surface area contributed by atoms with Crippen LogP contribution in [0.1, 0.15) is 12.2 Å². The fourth-order valence-electron chi connectivity index (χ4n) is 1.96. The van der Waals surface area contributed by atoms with Crippen LogP contribution in [0.3, 0.4) is 0 Å². The van der Waals surface area contributed by atoms with Gasteiger partial charge in [-0.2, -0.15) is 0 Å². The van der Waals surface area contributed by atoms with Gasteiger partial charge in [0, 0.05) is 32.0 Å². The molecule has 1 aliphatic rings. The maximum Gasteiger partial charge on any atom is 0.224 e. The Balaban J connectivity index is 1.71. The molecule has 0 spiro atoms. The molecule has 2 heterocycles. The molecule has 1 amide bonds. The lowest BCUT2D eigenvalue weighted by molar-refractivity contribution is -0.124. The zero-order chi connectivity index (χ0) is 11.4. The predicted molar refractivity (Wildman–Crippen MR) is 61.0 cm³/mol. The summed E-state index contributed by atoms with van der Waals surface area (Å²) in [5.74, 6) is 1.31. The van der Waals surface area contributed by atoms with Crippen molar-refractivity contribution in [3.63, 3.8) is 0 Å². The SMILES string of the molecule is Cc1nccn1CCNC(=O)[C@H]1CCNC1. The highest BCUT2D eigenvalue weighted by atomic mass is 16.1. The Kier molecular flexibility index (Phi) is 3.56. The number of rotatable bonds is 4. The number of hydrogen-bond donors (Lipinski definition) is 2. The second-order valence-corrected chi connectivity index (χ2v) is 4.15. The lowest BCUT2D eigenvalue weighted by atomic mass is 10.1. The predicted octanol–water partition coefficient (Wildman–Crippen LogP) is -0.0828. The van der Waals surface area contributed by atoms with E-state index in [4.69, 9.17) is 0 Å². The highest BCUT2D eigenvalue weighted by molar-refractivity contribution is 5.79. The van der Waals surface area contributed by atoms with Gasteiger partial charge in [-0.15, -0.1) is 0 Å². The third-order valence-electron chi connectivity index (χ3n) is 3.01. The van der Waals surface area contributed by atoms with Crippen LogP contribution < -0.4 is 10.6 Å². The third kappa shape index (κ3) is 2.61. The lowest BCUT2D eigenvalue weighted by Crippen LogP contribution is -2.34. The summed E-state index contributed by atoms with van der Waals surface area (Å²) in [5.41, 5.74) is 0. The number of aryl methyl sites for hydroxylation is 1. The Morgan fingerprint density at radius 2 is 2.62 bits per heavy atom. The summed E-state index contributed by atoms with van der Waals surface area (Å²) in [4.78, 5) is 15.8. The molecule has 1 saturated heterocycles. The van der Waals surface area contributed by atoms with Crippen LogP contribution in [-0.2, 0) is 11.3 Å². The van der Waals surface area contributed by atoms with Gasteiger partial charge in [-0.05, 0) is 19.9 Å². The fourth-order valence-corrected chi connectivity index (χ4v) is 1.96. The van der Waals surface area contributed by atoms with Gasteiger partial charge < -0.3 is 15.2 Å². The number of hydrogen-bond acceptors (Lipinski definition) is 3. The summed E-state index contributed by atoms with van der Waals surface area (Å²) in [5, 5.41) is 6.15. The average molecular weight is 222 g/mol. The molecule has 0 aliphatic carbocycles. The first-order valence-electron chi connectivity index (χ1n) is 5.73. The van der Waals surface area contributed by atoms with Crippen LogP contribution in [0, 0.1) is 12.8 Å². The molecule has 1 aliphatic heterocycles. The van der Waals surface area contributed by atoms with Crippen LogP contribution >= 0.6 is 0 Å². The summed E-state index contributed by atoms with van der Waals surface area (Å²) < 4.78 is 2.03. The number of carbonyl (C=O) groups is 1. The van der Waals surface area contributed by atoms with E-state index in [2.05, 4.69) is 15.6 Å². The van der Waals surface area contributed by atoms with Crippen molar-refractivity contribution in [3.8, 4) is 0 Å². The molecule has 5 heteroatoms.